The van der Waals surface area contributed by atoms with Crippen LogP contribution in [0.15, 0.2) is 0 Å². The summed E-state index contributed by atoms with van der Waals surface area (Å²) in [6.45, 7) is 1.83. The van der Waals surface area contributed by atoms with E-state index < -0.39 is 5.41 Å². The normalized spacial score (nSPS) is 24.2. The lowest BCUT2D eigenvalue weighted by Crippen LogP contribution is -2.53. The fourth-order valence-electron chi connectivity index (χ4n) is 3.19. The zero-order valence-corrected chi connectivity index (χ0v) is 13.7. The van der Waals surface area contributed by atoms with Crippen molar-refractivity contribution >= 4 is 34.9 Å². The predicted octanol–water partition coefficient (Wildman–Crippen LogP) is 1.86. The van der Waals surface area contributed by atoms with Crippen LogP contribution in [0.25, 0.3) is 0 Å². The van der Waals surface area contributed by atoms with Crippen LogP contribution in [0, 0.1) is 5.41 Å². The predicted molar refractivity (Wildman–Crippen MR) is 87.0 cm³/mol. The van der Waals surface area contributed by atoms with Gasteiger partial charge in [-0.3, -0.25) is 4.79 Å². The van der Waals surface area contributed by atoms with E-state index in [1.54, 1.807) is 0 Å². The first-order valence-electron chi connectivity index (χ1n) is 7.26. The number of hydrogen-bond acceptors (Lipinski definition) is 4. The molecule has 1 aliphatic carbocycles. The molecular formula is C14H24N2O2S2. The SMILES string of the molecule is CSC1(CNC(=O)C2(C(N)=S)CCOCC2)CCCC1. The number of thiocarbonyl (C=S) groups is 1. The van der Waals surface area contributed by atoms with Crippen molar-refractivity contribution in [3.05, 3.63) is 0 Å². The molecule has 0 bridgehead atoms. The number of hydrogen-bond donors (Lipinski definition) is 2. The maximum atomic E-state index is 12.6. The van der Waals surface area contributed by atoms with E-state index in [0.717, 1.165) is 6.54 Å². The summed E-state index contributed by atoms with van der Waals surface area (Å²) < 4.78 is 5.55. The van der Waals surface area contributed by atoms with Crippen LogP contribution in [-0.2, 0) is 9.53 Å². The van der Waals surface area contributed by atoms with Crippen molar-refractivity contribution in [1.29, 1.82) is 0 Å². The van der Waals surface area contributed by atoms with E-state index in [-0.39, 0.29) is 10.7 Å². The quantitative estimate of drug-likeness (QED) is 0.758. The summed E-state index contributed by atoms with van der Waals surface area (Å²) >= 11 is 7.04. The molecule has 6 heteroatoms. The number of nitrogens with two attached hydrogens (primary N) is 1. The van der Waals surface area contributed by atoms with Crippen LogP contribution >= 0.6 is 24.0 Å². The van der Waals surface area contributed by atoms with E-state index in [1.807, 2.05) is 11.8 Å². The molecule has 114 valence electrons. The van der Waals surface area contributed by atoms with Gasteiger partial charge in [0, 0.05) is 24.5 Å². The van der Waals surface area contributed by atoms with Gasteiger partial charge in [0.25, 0.3) is 0 Å². The van der Waals surface area contributed by atoms with Crippen molar-refractivity contribution in [2.24, 2.45) is 11.1 Å². The van der Waals surface area contributed by atoms with Gasteiger partial charge in [0.2, 0.25) is 5.91 Å². The van der Waals surface area contributed by atoms with Crippen LogP contribution in [0.4, 0.5) is 0 Å². The van der Waals surface area contributed by atoms with Crippen LogP contribution in [0.1, 0.15) is 38.5 Å². The number of ether oxygens (including phenoxy) is 1. The van der Waals surface area contributed by atoms with Gasteiger partial charge in [-0.2, -0.15) is 11.8 Å². The second-order valence-electron chi connectivity index (χ2n) is 5.84. The van der Waals surface area contributed by atoms with Crippen LogP contribution in [0.2, 0.25) is 0 Å². The summed E-state index contributed by atoms with van der Waals surface area (Å²) in [4.78, 5) is 12.9. The highest BCUT2D eigenvalue weighted by Crippen LogP contribution is 2.40. The van der Waals surface area contributed by atoms with E-state index in [9.17, 15) is 4.79 Å². The van der Waals surface area contributed by atoms with E-state index in [0.29, 0.717) is 31.0 Å². The van der Waals surface area contributed by atoms with Crippen molar-refractivity contribution in [1.82, 2.24) is 5.32 Å². The van der Waals surface area contributed by atoms with Gasteiger partial charge in [-0.1, -0.05) is 25.1 Å². The van der Waals surface area contributed by atoms with E-state index in [2.05, 4.69) is 11.6 Å². The van der Waals surface area contributed by atoms with Crippen LogP contribution in [-0.4, -0.2) is 41.7 Å². The van der Waals surface area contributed by atoms with Gasteiger partial charge >= 0.3 is 0 Å². The number of rotatable bonds is 5. The third-order valence-electron chi connectivity index (χ3n) is 4.77. The topological polar surface area (TPSA) is 64.4 Å². The molecule has 0 radical (unpaired) electrons. The Kier molecular flexibility index (Phi) is 5.31. The molecule has 1 heterocycles. The Balaban J connectivity index is 2.00. The van der Waals surface area contributed by atoms with Crippen molar-refractivity contribution < 1.29 is 9.53 Å². The lowest BCUT2D eigenvalue weighted by molar-refractivity contribution is -0.131. The van der Waals surface area contributed by atoms with Crippen molar-refractivity contribution in [2.75, 3.05) is 26.0 Å². The van der Waals surface area contributed by atoms with Crippen LogP contribution < -0.4 is 11.1 Å². The minimum absolute atomic E-state index is 0.00590. The lowest BCUT2D eigenvalue weighted by Gasteiger charge is -2.36. The maximum absolute atomic E-state index is 12.6. The van der Waals surface area contributed by atoms with Crippen LogP contribution in [0.5, 0.6) is 0 Å². The van der Waals surface area contributed by atoms with Crippen LogP contribution in [0.3, 0.4) is 0 Å². The third-order valence-corrected chi connectivity index (χ3v) is 6.58. The van der Waals surface area contributed by atoms with Gasteiger partial charge in [-0.15, -0.1) is 0 Å². The average molecular weight is 316 g/mol. The van der Waals surface area contributed by atoms with Gasteiger partial charge < -0.3 is 15.8 Å². The minimum Gasteiger partial charge on any atom is -0.392 e. The zero-order chi connectivity index (χ0) is 14.6. The number of amides is 1. The Hall–Kier alpha value is -0.330. The zero-order valence-electron chi connectivity index (χ0n) is 12.1. The standard InChI is InChI=1S/C14H24N2O2S2/c1-20-13(4-2-3-5-13)10-16-12(17)14(11(15)19)6-8-18-9-7-14/h2-10H2,1H3,(H2,15,19)(H,16,17). The molecule has 0 aromatic rings. The Bertz CT molecular complexity index is 375. The molecule has 20 heavy (non-hydrogen) atoms. The Morgan fingerprint density at radius 1 is 1.30 bits per heavy atom. The number of thioether (sulfide) groups is 1. The number of carbonyl (C=O) groups excluding carboxylic acids is 1. The minimum atomic E-state index is -0.703. The third kappa shape index (κ3) is 3.12. The molecule has 0 spiro atoms. The smallest absolute Gasteiger partial charge is 0.233 e. The molecule has 2 fully saturated rings. The Labute approximate surface area is 130 Å². The van der Waals surface area contributed by atoms with Crippen molar-refractivity contribution in [3.8, 4) is 0 Å². The first-order valence-corrected chi connectivity index (χ1v) is 8.89. The molecule has 0 aromatic carbocycles. The molecule has 0 atom stereocenters. The Morgan fingerprint density at radius 3 is 2.40 bits per heavy atom. The molecule has 1 aliphatic heterocycles. The summed E-state index contributed by atoms with van der Waals surface area (Å²) in [7, 11) is 0. The fourth-order valence-corrected chi connectivity index (χ4v) is 4.40. The first kappa shape index (κ1) is 16.0. The summed E-state index contributed by atoms with van der Waals surface area (Å²) in [6, 6.07) is 0. The van der Waals surface area contributed by atoms with Gasteiger partial charge in [0.15, 0.2) is 0 Å². The van der Waals surface area contributed by atoms with Crippen molar-refractivity contribution in [3.63, 3.8) is 0 Å². The largest absolute Gasteiger partial charge is 0.392 e. The molecule has 0 unspecified atom stereocenters. The summed E-state index contributed by atoms with van der Waals surface area (Å²) in [5.41, 5.74) is 5.16. The molecule has 1 saturated heterocycles. The first-order chi connectivity index (χ1) is 9.55. The Morgan fingerprint density at radius 2 is 1.90 bits per heavy atom. The van der Waals surface area contributed by atoms with Gasteiger partial charge in [0.1, 0.15) is 5.41 Å². The molecule has 1 amide bonds. The molecule has 2 rings (SSSR count). The maximum Gasteiger partial charge on any atom is 0.233 e. The highest BCUT2D eigenvalue weighted by molar-refractivity contribution is 8.00. The summed E-state index contributed by atoms with van der Waals surface area (Å²) in [6.07, 6.45) is 8.20. The molecule has 0 aromatic heterocycles. The molecular weight excluding hydrogens is 292 g/mol. The van der Waals surface area contributed by atoms with E-state index in [4.69, 9.17) is 22.7 Å². The number of nitrogens with one attached hydrogen (secondary N) is 1. The summed E-state index contributed by atoms with van der Waals surface area (Å²) in [5.74, 6) is -0.00590. The number of carbonyl (C=O) groups is 1. The molecule has 4 nitrogen and oxygen atoms in total. The van der Waals surface area contributed by atoms with E-state index in [1.165, 1.54) is 25.7 Å². The van der Waals surface area contributed by atoms with Crippen molar-refractivity contribution in [2.45, 2.75) is 43.3 Å². The highest BCUT2D eigenvalue weighted by atomic mass is 32.2. The van der Waals surface area contributed by atoms with Gasteiger partial charge in [-0.25, -0.2) is 0 Å². The second kappa shape index (κ2) is 6.62. The second-order valence-corrected chi connectivity index (χ2v) is 7.55. The fraction of sp³-hybridized carbons (Fsp3) is 0.857. The van der Waals surface area contributed by atoms with Gasteiger partial charge in [0.05, 0.1) is 4.99 Å². The molecule has 3 N–H and O–H groups in total. The average Bonchev–Trinajstić information content (AvgIpc) is 2.95. The van der Waals surface area contributed by atoms with Gasteiger partial charge in [-0.05, 0) is 31.9 Å². The monoisotopic (exact) mass is 316 g/mol. The molecule has 1 saturated carbocycles. The highest BCUT2D eigenvalue weighted by Gasteiger charge is 2.44. The van der Waals surface area contributed by atoms with E-state index >= 15 is 0 Å². The molecule has 2 aliphatic rings. The summed E-state index contributed by atoms with van der Waals surface area (Å²) in [5, 5.41) is 3.13. The lowest BCUT2D eigenvalue weighted by atomic mass is 9.79.